The van der Waals surface area contributed by atoms with E-state index >= 15 is 0 Å². The molecule has 2 aromatic carbocycles. The number of aliphatic carboxylic acids is 1. The Bertz CT molecular complexity index is 1570. The lowest BCUT2D eigenvalue weighted by atomic mass is 10.0. The summed E-state index contributed by atoms with van der Waals surface area (Å²) >= 11 is 3.89. The van der Waals surface area contributed by atoms with Gasteiger partial charge in [0.05, 0.1) is 0 Å². The topological polar surface area (TPSA) is 174 Å². The molecule has 12 nitrogen and oxygen atoms in total. The maximum absolute atomic E-state index is 13.4. The maximum atomic E-state index is 13.4. The minimum atomic E-state index is -1.19. The second-order valence-corrected chi connectivity index (χ2v) is 12.4. The number of carboxylic acid groups (broad SMARTS) is 1. The number of aromatic nitrogens is 1. The number of carboxylic acids is 1. The number of oxime groups is 1. The molecule has 15 heteroatoms. The lowest BCUT2D eigenvalue weighted by Gasteiger charge is -2.49. The number of nitrogens with two attached hydrogens (primary N) is 1. The first kappa shape index (κ1) is 31.1. The number of carbonyl (C=O) groups excluding carboxylic acids is 3. The van der Waals surface area contributed by atoms with Crippen LogP contribution in [0.15, 0.2) is 82.5 Å². The Morgan fingerprint density at radius 3 is 2.39 bits per heavy atom. The van der Waals surface area contributed by atoms with Crippen molar-refractivity contribution < 1.29 is 33.9 Å². The Kier molecular flexibility index (Phi) is 9.87. The standard InChI is InChI=1S/C29H27N5O7S3/c1-42-13-18-14-43-27-22(26(37)34(27)23(18)28(38)39)32-25(36)21(19-15-44-29(30)31-19)33-40-12-20(35)41-24(16-8-4-2-5-9-16)17-10-6-3-7-11-17/h2-11,15,22,24,27H,12-14H2,1H3,(H2,30,31)(H,32,36)(H,38,39)/t22?,27-/m0/s1. The number of nitrogen functional groups attached to an aromatic ring is 1. The van der Waals surface area contributed by atoms with E-state index in [1.807, 2.05) is 66.9 Å². The van der Waals surface area contributed by atoms with Crippen molar-refractivity contribution in [2.24, 2.45) is 5.16 Å². The van der Waals surface area contributed by atoms with Gasteiger partial charge in [-0.2, -0.15) is 11.8 Å². The fraction of sp³-hybridized carbons (Fsp3) is 0.241. The van der Waals surface area contributed by atoms with Gasteiger partial charge in [0.25, 0.3) is 11.8 Å². The van der Waals surface area contributed by atoms with Crippen molar-refractivity contribution in [3.8, 4) is 0 Å². The van der Waals surface area contributed by atoms with Crippen LogP contribution >= 0.6 is 34.9 Å². The molecule has 2 atom stereocenters. The number of esters is 1. The zero-order valence-electron chi connectivity index (χ0n) is 23.2. The van der Waals surface area contributed by atoms with E-state index in [2.05, 4.69) is 15.5 Å². The molecule has 1 aromatic heterocycles. The first-order chi connectivity index (χ1) is 21.3. The minimum Gasteiger partial charge on any atom is -0.477 e. The molecule has 2 aliphatic rings. The third-order valence-corrected chi connectivity index (χ3v) is 9.28. The van der Waals surface area contributed by atoms with E-state index in [4.69, 9.17) is 15.3 Å². The summed E-state index contributed by atoms with van der Waals surface area (Å²) < 4.78 is 5.72. The van der Waals surface area contributed by atoms with Gasteiger partial charge in [-0.3, -0.25) is 14.5 Å². The SMILES string of the molecule is CSCC1=C(C(=O)O)N2C(=O)C(NC(=O)C(=NOCC(=O)OC(c3ccccc3)c3ccccc3)c3csc(N)n3)[C@@H]2SC1. The van der Waals surface area contributed by atoms with Crippen LogP contribution in [0.3, 0.4) is 0 Å². The van der Waals surface area contributed by atoms with Gasteiger partial charge in [-0.05, 0) is 23.0 Å². The highest BCUT2D eigenvalue weighted by atomic mass is 32.2. The van der Waals surface area contributed by atoms with Gasteiger partial charge in [-0.1, -0.05) is 65.8 Å². The zero-order valence-corrected chi connectivity index (χ0v) is 25.7. The number of benzene rings is 2. The van der Waals surface area contributed by atoms with E-state index in [0.717, 1.165) is 22.5 Å². The summed E-state index contributed by atoms with van der Waals surface area (Å²) in [5.41, 5.74) is 7.65. The molecule has 1 fully saturated rings. The highest BCUT2D eigenvalue weighted by molar-refractivity contribution is 8.00. The second kappa shape index (κ2) is 14.0. The Balaban J connectivity index is 1.28. The number of ether oxygens (including phenoxy) is 1. The summed E-state index contributed by atoms with van der Waals surface area (Å²) in [7, 11) is 0. The molecule has 0 saturated carbocycles. The molecule has 3 heterocycles. The van der Waals surface area contributed by atoms with Crippen LogP contribution < -0.4 is 11.1 Å². The van der Waals surface area contributed by atoms with E-state index in [9.17, 15) is 24.3 Å². The fourth-order valence-electron chi connectivity index (χ4n) is 4.68. The number of rotatable bonds is 12. The summed E-state index contributed by atoms with van der Waals surface area (Å²) in [6, 6.07) is 17.4. The molecule has 3 aromatic rings. The normalized spacial score (nSPS) is 18.0. The zero-order chi connectivity index (χ0) is 31.2. The first-order valence-corrected chi connectivity index (χ1v) is 16.5. The number of nitrogens with one attached hydrogen (secondary N) is 1. The number of nitrogens with zero attached hydrogens (tertiary/aromatic N) is 3. The molecule has 5 rings (SSSR count). The fourth-order valence-corrected chi connectivity index (χ4v) is 7.29. The quantitative estimate of drug-likeness (QED) is 0.114. The van der Waals surface area contributed by atoms with Gasteiger partial charge in [-0.25, -0.2) is 14.6 Å². The molecule has 1 unspecified atom stereocenters. The van der Waals surface area contributed by atoms with E-state index in [-0.39, 0.29) is 22.2 Å². The van der Waals surface area contributed by atoms with Gasteiger partial charge < -0.3 is 25.7 Å². The molecular formula is C29H27N5O7S3. The predicted octanol–water partition coefficient (Wildman–Crippen LogP) is 2.88. The van der Waals surface area contributed by atoms with Crippen molar-refractivity contribution in [1.82, 2.24) is 15.2 Å². The predicted molar refractivity (Wildman–Crippen MR) is 168 cm³/mol. The number of hydrogen-bond donors (Lipinski definition) is 3. The van der Waals surface area contributed by atoms with Crippen LogP contribution in [0.1, 0.15) is 22.9 Å². The van der Waals surface area contributed by atoms with Crippen LogP contribution in [0.5, 0.6) is 0 Å². The van der Waals surface area contributed by atoms with E-state index in [1.54, 1.807) is 0 Å². The van der Waals surface area contributed by atoms with E-state index in [1.165, 1.54) is 33.8 Å². The smallest absolute Gasteiger partial charge is 0.352 e. The first-order valence-electron chi connectivity index (χ1n) is 13.2. The number of thiazole rings is 1. The number of anilines is 1. The molecule has 2 amide bonds. The Morgan fingerprint density at radius 2 is 1.82 bits per heavy atom. The highest BCUT2D eigenvalue weighted by Gasteiger charge is 2.54. The Morgan fingerprint density at radius 1 is 1.16 bits per heavy atom. The summed E-state index contributed by atoms with van der Waals surface area (Å²) in [5.74, 6) is -2.40. The van der Waals surface area contributed by atoms with Gasteiger partial charge in [0.2, 0.25) is 6.61 Å². The summed E-state index contributed by atoms with van der Waals surface area (Å²) in [5, 5.41) is 17.3. The van der Waals surface area contributed by atoms with Crippen molar-refractivity contribution >= 4 is 69.5 Å². The van der Waals surface area contributed by atoms with Crippen LogP contribution in [0.25, 0.3) is 0 Å². The van der Waals surface area contributed by atoms with Crippen LogP contribution in [-0.2, 0) is 28.8 Å². The van der Waals surface area contributed by atoms with Crippen LogP contribution in [0.4, 0.5) is 5.13 Å². The molecule has 4 N–H and O–H groups in total. The average molecular weight is 654 g/mol. The molecule has 2 aliphatic heterocycles. The lowest BCUT2D eigenvalue weighted by molar-refractivity contribution is -0.153. The summed E-state index contributed by atoms with van der Waals surface area (Å²) in [6.45, 7) is -0.619. The van der Waals surface area contributed by atoms with Gasteiger partial charge in [0.15, 0.2) is 16.9 Å². The monoisotopic (exact) mass is 653 g/mol. The van der Waals surface area contributed by atoms with Crippen LogP contribution in [-0.4, -0.2) is 80.2 Å². The molecule has 0 bridgehead atoms. The number of fused-ring (bicyclic) bond motifs is 1. The van der Waals surface area contributed by atoms with Gasteiger partial charge >= 0.3 is 11.9 Å². The Hall–Kier alpha value is -4.34. The van der Waals surface area contributed by atoms with Crippen molar-refractivity contribution in [3.05, 3.63) is 94.1 Å². The van der Waals surface area contributed by atoms with Crippen molar-refractivity contribution in [2.75, 3.05) is 30.1 Å². The summed E-state index contributed by atoms with van der Waals surface area (Å²) in [6.07, 6.45) is 1.16. The number of carbonyl (C=O) groups is 4. The molecular weight excluding hydrogens is 627 g/mol. The van der Waals surface area contributed by atoms with Gasteiger partial charge in [-0.15, -0.1) is 23.1 Å². The molecule has 228 valence electrons. The lowest BCUT2D eigenvalue weighted by Crippen LogP contribution is -2.71. The van der Waals surface area contributed by atoms with Gasteiger partial charge in [0.1, 0.15) is 22.8 Å². The molecule has 0 spiro atoms. The molecule has 1 saturated heterocycles. The highest BCUT2D eigenvalue weighted by Crippen LogP contribution is 2.41. The average Bonchev–Trinajstić information content (AvgIpc) is 3.46. The number of amides is 2. The number of β-lactam (4-membered cyclic amide) rings is 1. The maximum Gasteiger partial charge on any atom is 0.352 e. The van der Waals surface area contributed by atoms with Crippen molar-refractivity contribution in [3.63, 3.8) is 0 Å². The van der Waals surface area contributed by atoms with Crippen molar-refractivity contribution in [1.29, 1.82) is 0 Å². The number of hydrogen-bond acceptors (Lipinski definition) is 12. The minimum absolute atomic E-state index is 0.0501. The van der Waals surface area contributed by atoms with Crippen molar-refractivity contribution in [2.45, 2.75) is 17.5 Å². The summed E-state index contributed by atoms with van der Waals surface area (Å²) in [4.78, 5) is 61.7. The molecule has 0 aliphatic carbocycles. The third kappa shape index (κ3) is 6.74. The molecule has 0 radical (unpaired) electrons. The second-order valence-electron chi connectivity index (χ2n) is 9.53. The molecule has 44 heavy (non-hydrogen) atoms. The van der Waals surface area contributed by atoms with Crippen LogP contribution in [0, 0.1) is 0 Å². The third-order valence-electron chi connectivity index (χ3n) is 6.63. The number of thioether (sulfide) groups is 2. The van der Waals surface area contributed by atoms with E-state index in [0.29, 0.717) is 17.1 Å². The largest absolute Gasteiger partial charge is 0.477 e. The van der Waals surface area contributed by atoms with Crippen LogP contribution in [0.2, 0.25) is 0 Å². The van der Waals surface area contributed by atoms with E-state index < -0.39 is 47.9 Å². The van der Waals surface area contributed by atoms with Gasteiger partial charge in [0, 0.05) is 16.9 Å². The Labute approximate surface area is 264 Å².